The molecule has 0 fully saturated rings. The normalized spacial score (nSPS) is 12.2. The monoisotopic (exact) mass is 476 g/mol. The number of fused-ring (bicyclic) bond motifs is 1. The van der Waals surface area contributed by atoms with Gasteiger partial charge in [0.05, 0.1) is 0 Å². The van der Waals surface area contributed by atoms with Crippen molar-refractivity contribution >= 4 is 31.0 Å². The number of aryl methyl sites for hydroxylation is 1. The summed E-state index contributed by atoms with van der Waals surface area (Å²) < 4.78 is 65.6. The van der Waals surface area contributed by atoms with Crippen molar-refractivity contribution in [3.63, 3.8) is 0 Å². The molecule has 0 saturated carbocycles. The van der Waals surface area contributed by atoms with E-state index in [9.17, 15) is 21.4 Å². The average molecular weight is 477 g/mol. The van der Waals surface area contributed by atoms with E-state index in [1.807, 2.05) is 25.1 Å². The van der Waals surface area contributed by atoms with Crippen molar-refractivity contribution < 1.29 is 25.6 Å². The third-order valence-corrected chi connectivity index (χ3v) is 7.61. The van der Waals surface area contributed by atoms with Crippen LogP contribution >= 0.6 is 0 Å². The molecule has 6 nitrogen and oxygen atoms in total. The number of unbranched alkanes of at least 4 members (excludes halogenated alkanes) is 2. The van der Waals surface area contributed by atoms with Crippen LogP contribution in [0.2, 0.25) is 0 Å². The minimum Gasteiger partial charge on any atom is -0.377 e. The first-order chi connectivity index (χ1) is 15.2. The van der Waals surface area contributed by atoms with E-state index in [0.29, 0.717) is 17.4 Å². The summed E-state index contributed by atoms with van der Waals surface area (Å²) in [6, 6.07) is 14.4. The van der Waals surface area contributed by atoms with Crippen LogP contribution in [0.25, 0.3) is 10.8 Å². The molecule has 32 heavy (non-hydrogen) atoms. The molecule has 0 aromatic heterocycles. The molecule has 3 rings (SSSR count). The number of rotatable bonds is 10. The van der Waals surface area contributed by atoms with Crippen molar-refractivity contribution in [3.8, 4) is 5.75 Å². The van der Waals surface area contributed by atoms with E-state index in [-0.39, 0.29) is 4.90 Å². The molecule has 3 aromatic carbocycles. The highest BCUT2D eigenvalue weighted by atomic mass is 32.2. The van der Waals surface area contributed by atoms with Crippen molar-refractivity contribution in [2.75, 3.05) is 0 Å². The maximum absolute atomic E-state index is 13.6. The highest BCUT2D eigenvalue weighted by Gasteiger charge is 2.28. The molecule has 8 heteroatoms. The summed E-state index contributed by atoms with van der Waals surface area (Å²) in [4.78, 5) is -0.523. The van der Waals surface area contributed by atoms with Crippen molar-refractivity contribution in [3.05, 3.63) is 65.7 Å². The van der Waals surface area contributed by atoms with Crippen molar-refractivity contribution in [2.24, 2.45) is 0 Å². The lowest BCUT2D eigenvalue weighted by Gasteiger charge is -2.19. The van der Waals surface area contributed by atoms with Gasteiger partial charge in [-0.25, -0.2) is 0 Å². The van der Waals surface area contributed by atoms with Crippen LogP contribution in [0.3, 0.4) is 0 Å². The third kappa shape index (κ3) is 5.31. The molecule has 1 N–H and O–H groups in total. The number of para-hydroxylation sites is 1. The van der Waals surface area contributed by atoms with E-state index in [2.05, 4.69) is 6.92 Å². The van der Waals surface area contributed by atoms with E-state index in [0.717, 1.165) is 49.1 Å². The summed E-state index contributed by atoms with van der Waals surface area (Å²) in [5, 5.41) is 1.31. The van der Waals surface area contributed by atoms with Crippen LogP contribution in [0.5, 0.6) is 5.75 Å². The molecule has 0 aliphatic heterocycles. The van der Waals surface area contributed by atoms with E-state index < -0.39 is 30.9 Å². The van der Waals surface area contributed by atoms with E-state index in [1.165, 1.54) is 18.2 Å². The Morgan fingerprint density at radius 2 is 1.47 bits per heavy atom. The van der Waals surface area contributed by atoms with Gasteiger partial charge in [0.2, 0.25) is 0 Å². The van der Waals surface area contributed by atoms with Gasteiger partial charge in [-0.3, -0.25) is 4.55 Å². The lowest BCUT2D eigenvalue weighted by atomic mass is 9.94. The molecular weight excluding hydrogens is 448 g/mol. The largest absolute Gasteiger partial charge is 0.377 e. The van der Waals surface area contributed by atoms with Crippen LogP contribution < -0.4 is 4.18 Å². The molecule has 0 unspecified atom stereocenters. The smallest absolute Gasteiger partial charge is 0.340 e. The highest BCUT2D eigenvalue weighted by molar-refractivity contribution is 7.87. The van der Waals surface area contributed by atoms with Crippen molar-refractivity contribution in [1.82, 2.24) is 0 Å². The summed E-state index contributed by atoms with van der Waals surface area (Å²) in [7, 11) is -9.07. The van der Waals surface area contributed by atoms with E-state index >= 15 is 0 Å². The summed E-state index contributed by atoms with van der Waals surface area (Å²) in [6.45, 7) is 4.12. The lowest BCUT2D eigenvalue weighted by Crippen LogP contribution is -2.16. The molecular formula is C24H28O6S2. The Balaban J connectivity index is 2.26. The van der Waals surface area contributed by atoms with Crippen LogP contribution in [0.1, 0.15) is 50.7 Å². The molecule has 0 amide bonds. The first-order valence-electron chi connectivity index (χ1n) is 10.7. The van der Waals surface area contributed by atoms with Crippen LogP contribution in [0.15, 0.2) is 64.4 Å². The summed E-state index contributed by atoms with van der Waals surface area (Å²) >= 11 is 0. The number of benzene rings is 3. The zero-order chi connectivity index (χ0) is 23.4. The van der Waals surface area contributed by atoms with Crippen molar-refractivity contribution in [2.45, 2.75) is 62.2 Å². The third-order valence-electron chi connectivity index (χ3n) is 5.35. The van der Waals surface area contributed by atoms with Gasteiger partial charge in [0, 0.05) is 5.39 Å². The summed E-state index contributed by atoms with van der Waals surface area (Å²) in [6.07, 6.45) is 4.90. The molecule has 0 heterocycles. The predicted molar refractivity (Wildman–Crippen MR) is 125 cm³/mol. The van der Waals surface area contributed by atoms with Gasteiger partial charge in [-0.05, 0) is 54.3 Å². The van der Waals surface area contributed by atoms with Gasteiger partial charge < -0.3 is 4.18 Å². The Bertz CT molecular complexity index is 1310. The fourth-order valence-corrected chi connectivity index (χ4v) is 5.93. The first kappa shape index (κ1) is 24.2. The van der Waals surface area contributed by atoms with Crippen LogP contribution in [-0.2, 0) is 33.1 Å². The Labute approximate surface area is 190 Å². The van der Waals surface area contributed by atoms with Gasteiger partial charge in [0.15, 0.2) is 5.75 Å². The van der Waals surface area contributed by atoms with Gasteiger partial charge >= 0.3 is 10.1 Å². The molecule has 0 bridgehead atoms. The second-order valence-corrected chi connectivity index (χ2v) is 10.6. The standard InChI is InChI=1S/C24H28O6S2/c1-3-5-11-18-17-19-12-7-8-14-21(19)24(20(18)13-6-4-2)32(28,29)30-22-15-9-10-16-23(22)31(25,26)27/h7-10,12,14-17H,3-6,11,13H2,1-2H3,(H,25,26,27). The van der Waals surface area contributed by atoms with Gasteiger partial charge in [0.25, 0.3) is 10.1 Å². The van der Waals surface area contributed by atoms with Gasteiger partial charge in [-0.15, -0.1) is 0 Å². The maximum atomic E-state index is 13.6. The summed E-state index contributed by atoms with van der Waals surface area (Å²) in [5.41, 5.74) is 1.67. The maximum Gasteiger partial charge on any atom is 0.340 e. The zero-order valence-corrected chi connectivity index (χ0v) is 19.9. The van der Waals surface area contributed by atoms with Crippen molar-refractivity contribution in [1.29, 1.82) is 0 Å². The second kappa shape index (κ2) is 10.0. The van der Waals surface area contributed by atoms with E-state index in [1.54, 1.807) is 12.1 Å². The first-order valence-corrected chi connectivity index (χ1v) is 13.6. The molecule has 0 atom stereocenters. The number of hydrogen-bond acceptors (Lipinski definition) is 5. The molecule has 3 aromatic rings. The lowest BCUT2D eigenvalue weighted by molar-refractivity contribution is 0.463. The highest BCUT2D eigenvalue weighted by Crippen LogP contribution is 2.35. The fourth-order valence-electron chi connectivity index (χ4n) is 3.81. The van der Waals surface area contributed by atoms with E-state index in [4.69, 9.17) is 4.18 Å². The molecule has 172 valence electrons. The predicted octanol–water partition coefficient (Wildman–Crippen LogP) is 5.54. The molecule has 0 spiro atoms. The SMILES string of the molecule is CCCCc1cc2ccccc2c(S(=O)(=O)Oc2ccccc2S(=O)(=O)O)c1CCCC. The Morgan fingerprint density at radius 3 is 2.16 bits per heavy atom. The number of hydrogen-bond donors (Lipinski definition) is 1. The molecule has 0 aliphatic rings. The molecule has 0 aliphatic carbocycles. The van der Waals surface area contributed by atoms with Crippen LogP contribution in [0, 0.1) is 0 Å². The fraction of sp³-hybridized carbons (Fsp3) is 0.333. The quantitative estimate of drug-likeness (QED) is 0.305. The topological polar surface area (TPSA) is 97.7 Å². The molecule has 0 radical (unpaired) electrons. The minimum atomic E-state index is -4.66. The zero-order valence-electron chi connectivity index (χ0n) is 18.2. The Kier molecular flexibility index (Phi) is 7.59. The van der Waals surface area contributed by atoms with Gasteiger partial charge in [0.1, 0.15) is 9.79 Å². The summed E-state index contributed by atoms with van der Waals surface area (Å²) in [5.74, 6) is -0.431. The average Bonchev–Trinajstić information content (AvgIpc) is 2.74. The van der Waals surface area contributed by atoms with Gasteiger partial charge in [-0.2, -0.15) is 16.8 Å². The van der Waals surface area contributed by atoms with Crippen LogP contribution in [0.4, 0.5) is 0 Å². The Morgan fingerprint density at radius 1 is 0.844 bits per heavy atom. The second-order valence-electron chi connectivity index (χ2n) is 7.73. The van der Waals surface area contributed by atoms with Crippen LogP contribution in [-0.4, -0.2) is 21.4 Å². The molecule has 0 saturated heterocycles. The minimum absolute atomic E-state index is 0.0697. The van der Waals surface area contributed by atoms with Gasteiger partial charge in [-0.1, -0.05) is 69.2 Å². The Hall–Kier alpha value is -2.42.